The fourth-order valence-electron chi connectivity index (χ4n) is 2.65. The number of fused-ring (bicyclic) bond motifs is 1. The van der Waals surface area contributed by atoms with Crippen molar-refractivity contribution in [3.63, 3.8) is 0 Å². The van der Waals surface area contributed by atoms with Gasteiger partial charge in [-0.2, -0.15) is 0 Å². The highest BCUT2D eigenvalue weighted by Crippen LogP contribution is 2.19. The lowest BCUT2D eigenvalue weighted by Gasteiger charge is -2.11. The Morgan fingerprint density at radius 2 is 2.00 bits per heavy atom. The van der Waals surface area contributed by atoms with Gasteiger partial charge in [-0.3, -0.25) is 4.99 Å². The van der Waals surface area contributed by atoms with Crippen molar-refractivity contribution in [3.8, 4) is 0 Å². The molecule has 0 saturated carbocycles. The summed E-state index contributed by atoms with van der Waals surface area (Å²) < 4.78 is 0. The average Bonchev–Trinajstić information content (AvgIpc) is 2.87. The number of benzene rings is 2. The SMILES string of the molecule is NCC[C@H]1CN=C(Cc2cccc3ccccc23)N1. The Labute approximate surface area is 113 Å². The molecule has 0 aromatic heterocycles. The molecule has 1 atom stereocenters. The van der Waals surface area contributed by atoms with Gasteiger partial charge in [0.1, 0.15) is 5.84 Å². The van der Waals surface area contributed by atoms with Crippen molar-refractivity contribution >= 4 is 16.6 Å². The summed E-state index contributed by atoms with van der Waals surface area (Å²) in [6.45, 7) is 1.58. The van der Waals surface area contributed by atoms with E-state index in [0.717, 1.165) is 25.2 Å². The molecule has 1 heterocycles. The molecule has 3 rings (SSSR count). The molecule has 0 unspecified atom stereocenters. The third kappa shape index (κ3) is 2.61. The van der Waals surface area contributed by atoms with Gasteiger partial charge in [0.15, 0.2) is 0 Å². The highest BCUT2D eigenvalue weighted by Gasteiger charge is 2.16. The van der Waals surface area contributed by atoms with E-state index in [1.54, 1.807) is 0 Å². The van der Waals surface area contributed by atoms with Gasteiger partial charge < -0.3 is 11.1 Å². The topological polar surface area (TPSA) is 50.4 Å². The van der Waals surface area contributed by atoms with Gasteiger partial charge in [-0.25, -0.2) is 0 Å². The lowest BCUT2D eigenvalue weighted by Crippen LogP contribution is -2.32. The van der Waals surface area contributed by atoms with E-state index < -0.39 is 0 Å². The van der Waals surface area contributed by atoms with Crippen molar-refractivity contribution in [2.75, 3.05) is 13.1 Å². The standard InChI is InChI=1S/C16H19N3/c17-9-8-14-11-18-16(19-14)10-13-6-3-5-12-4-1-2-7-15(12)13/h1-7,14H,8-11,17H2,(H,18,19)/t14-/m0/s1. The van der Waals surface area contributed by atoms with E-state index in [-0.39, 0.29) is 0 Å². The van der Waals surface area contributed by atoms with Crippen LogP contribution in [0.25, 0.3) is 10.8 Å². The summed E-state index contributed by atoms with van der Waals surface area (Å²) in [5, 5.41) is 6.08. The summed E-state index contributed by atoms with van der Waals surface area (Å²) >= 11 is 0. The monoisotopic (exact) mass is 253 g/mol. The van der Waals surface area contributed by atoms with Gasteiger partial charge in [-0.1, -0.05) is 42.5 Å². The summed E-state index contributed by atoms with van der Waals surface area (Å²) in [7, 11) is 0. The molecular formula is C16H19N3. The van der Waals surface area contributed by atoms with Gasteiger partial charge in [0.2, 0.25) is 0 Å². The molecule has 0 radical (unpaired) electrons. The maximum Gasteiger partial charge on any atom is 0.101 e. The van der Waals surface area contributed by atoms with Gasteiger partial charge >= 0.3 is 0 Å². The first-order valence-electron chi connectivity index (χ1n) is 6.83. The minimum absolute atomic E-state index is 0.426. The molecule has 1 aliphatic heterocycles. The predicted molar refractivity (Wildman–Crippen MR) is 80.5 cm³/mol. The Kier molecular flexibility index (Phi) is 3.47. The zero-order chi connectivity index (χ0) is 13.1. The maximum atomic E-state index is 5.59. The molecule has 19 heavy (non-hydrogen) atoms. The number of aliphatic imine (C=N–C) groups is 1. The van der Waals surface area contributed by atoms with Crippen LogP contribution in [0.4, 0.5) is 0 Å². The molecular weight excluding hydrogens is 234 g/mol. The quantitative estimate of drug-likeness (QED) is 0.876. The minimum Gasteiger partial charge on any atom is -0.369 e. The van der Waals surface area contributed by atoms with Crippen LogP contribution in [0.15, 0.2) is 47.5 Å². The minimum atomic E-state index is 0.426. The highest BCUT2D eigenvalue weighted by atomic mass is 15.1. The molecule has 3 N–H and O–H groups in total. The van der Waals surface area contributed by atoms with E-state index in [1.165, 1.54) is 16.3 Å². The molecule has 0 saturated heterocycles. The Balaban J connectivity index is 1.79. The molecule has 0 spiro atoms. The molecule has 0 fully saturated rings. The van der Waals surface area contributed by atoms with Gasteiger partial charge in [0.05, 0.1) is 6.54 Å². The van der Waals surface area contributed by atoms with E-state index in [9.17, 15) is 0 Å². The first kappa shape index (κ1) is 12.2. The number of nitrogens with two attached hydrogens (primary N) is 1. The second-order valence-electron chi connectivity index (χ2n) is 5.02. The summed E-state index contributed by atoms with van der Waals surface area (Å²) in [5.74, 6) is 1.09. The van der Waals surface area contributed by atoms with Crippen molar-refractivity contribution in [2.45, 2.75) is 18.9 Å². The van der Waals surface area contributed by atoms with Gasteiger partial charge in [0, 0.05) is 12.5 Å². The van der Waals surface area contributed by atoms with Crippen molar-refractivity contribution in [1.29, 1.82) is 0 Å². The summed E-state index contributed by atoms with van der Waals surface area (Å²) in [6.07, 6.45) is 1.87. The van der Waals surface area contributed by atoms with E-state index in [2.05, 4.69) is 52.8 Å². The molecule has 0 bridgehead atoms. The molecule has 0 aliphatic carbocycles. The van der Waals surface area contributed by atoms with Crippen molar-refractivity contribution in [2.24, 2.45) is 10.7 Å². The van der Waals surface area contributed by atoms with Crippen LogP contribution in [0, 0.1) is 0 Å². The van der Waals surface area contributed by atoms with Crippen LogP contribution in [0.1, 0.15) is 12.0 Å². The largest absolute Gasteiger partial charge is 0.369 e. The summed E-state index contributed by atoms with van der Waals surface area (Å²) in [5.41, 5.74) is 6.92. The molecule has 0 amide bonds. The predicted octanol–water partition coefficient (Wildman–Crippen LogP) is 2.10. The Hall–Kier alpha value is -1.87. The number of nitrogens with zero attached hydrogens (tertiary/aromatic N) is 1. The molecule has 2 aromatic carbocycles. The molecule has 3 nitrogen and oxygen atoms in total. The zero-order valence-electron chi connectivity index (χ0n) is 11.0. The van der Waals surface area contributed by atoms with Crippen LogP contribution >= 0.6 is 0 Å². The maximum absolute atomic E-state index is 5.59. The smallest absolute Gasteiger partial charge is 0.101 e. The Morgan fingerprint density at radius 1 is 1.16 bits per heavy atom. The molecule has 3 heteroatoms. The summed E-state index contributed by atoms with van der Waals surface area (Å²) in [6, 6.07) is 15.4. The normalized spacial score (nSPS) is 18.4. The Morgan fingerprint density at radius 3 is 2.89 bits per heavy atom. The second-order valence-corrected chi connectivity index (χ2v) is 5.02. The number of hydrogen-bond acceptors (Lipinski definition) is 3. The third-order valence-electron chi connectivity index (χ3n) is 3.63. The van der Waals surface area contributed by atoms with Crippen LogP contribution < -0.4 is 11.1 Å². The van der Waals surface area contributed by atoms with E-state index in [1.807, 2.05) is 0 Å². The number of amidine groups is 1. The van der Waals surface area contributed by atoms with Gasteiger partial charge in [0.25, 0.3) is 0 Å². The van der Waals surface area contributed by atoms with E-state index in [4.69, 9.17) is 5.73 Å². The Bertz CT molecular complexity index is 598. The lowest BCUT2D eigenvalue weighted by atomic mass is 10.0. The highest BCUT2D eigenvalue weighted by molar-refractivity contribution is 5.92. The van der Waals surface area contributed by atoms with Crippen LogP contribution in [-0.4, -0.2) is 25.0 Å². The fourth-order valence-corrected chi connectivity index (χ4v) is 2.65. The van der Waals surface area contributed by atoms with Crippen molar-refractivity contribution in [1.82, 2.24) is 5.32 Å². The molecule has 2 aromatic rings. The van der Waals surface area contributed by atoms with E-state index >= 15 is 0 Å². The third-order valence-corrected chi connectivity index (χ3v) is 3.63. The van der Waals surface area contributed by atoms with Crippen LogP contribution in [0.2, 0.25) is 0 Å². The second kappa shape index (κ2) is 5.41. The van der Waals surface area contributed by atoms with Crippen molar-refractivity contribution < 1.29 is 0 Å². The van der Waals surface area contributed by atoms with Crippen LogP contribution in [-0.2, 0) is 6.42 Å². The van der Waals surface area contributed by atoms with Gasteiger partial charge in [-0.05, 0) is 29.3 Å². The lowest BCUT2D eigenvalue weighted by molar-refractivity contribution is 0.608. The fraction of sp³-hybridized carbons (Fsp3) is 0.312. The first-order chi connectivity index (χ1) is 9.36. The number of rotatable bonds is 4. The van der Waals surface area contributed by atoms with Crippen LogP contribution in [0.5, 0.6) is 0 Å². The van der Waals surface area contributed by atoms with Crippen LogP contribution in [0.3, 0.4) is 0 Å². The number of nitrogens with one attached hydrogen (secondary N) is 1. The average molecular weight is 253 g/mol. The molecule has 1 aliphatic rings. The van der Waals surface area contributed by atoms with E-state index in [0.29, 0.717) is 12.6 Å². The summed E-state index contributed by atoms with van der Waals surface area (Å²) in [4.78, 5) is 4.59. The molecule has 98 valence electrons. The van der Waals surface area contributed by atoms with Gasteiger partial charge in [-0.15, -0.1) is 0 Å². The first-order valence-corrected chi connectivity index (χ1v) is 6.83. The zero-order valence-corrected chi connectivity index (χ0v) is 11.0. The number of hydrogen-bond donors (Lipinski definition) is 2. The van der Waals surface area contributed by atoms with Crippen molar-refractivity contribution in [3.05, 3.63) is 48.0 Å².